The van der Waals surface area contributed by atoms with E-state index in [4.69, 9.17) is 26.8 Å². The molecule has 4 N–H and O–H groups in total. The van der Waals surface area contributed by atoms with E-state index in [1.165, 1.54) is 18.2 Å². The summed E-state index contributed by atoms with van der Waals surface area (Å²) in [4.78, 5) is 52.1. The van der Waals surface area contributed by atoms with Crippen LogP contribution in [0.5, 0.6) is 5.75 Å². The van der Waals surface area contributed by atoms with Crippen molar-refractivity contribution in [3.05, 3.63) is 63.9 Å². The molecule has 4 amide bonds. The number of nitrogens with two attached hydrogens (primary N) is 1. The van der Waals surface area contributed by atoms with Crippen LogP contribution in [-0.4, -0.2) is 60.6 Å². The molecule has 2 aromatic rings. The molecular weight excluding hydrogens is 567 g/mol. The predicted octanol–water partition coefficient (Wildman–Crippen LogP) is 3.97. The van der Waals surface area contributed by atoms with E-state index in [0.29, 0.717) is 12.0 Å². The molecule has 0 unspecified atom stereocenters. The minimum absolute atomic E-state index is 0.0556. The van der Waals surface area contributed by atoms with Gasteiger partial charge in [0.05, 0.1) is 11.0 Å². The zero-order chi connectivity index (χ0) is 31.1. The van der Waals surface area contributed by atoms with E-state index in [0.717, 1.165) is 5.56 Å². The van der Waals surface area contributed by atoms with Crippen LogP contribution < -0.4 is 21.1 Å². The fourth-order valence-corrected chi connectivity index (χ4v) is 4.78. The largest absolute Gasteiger partial charge is 0.492 e. The number of amides is 4. The van der Waals surface area contributed by atoms with Gasteiger partial charge in [-0.15, -0.1) is 0 Å². The van der Waals surface area contributed by atoms with Crippen molar-refractivity contribution in [3.8, 4) is 5.75 Å². The average molecular weight is 605 g/mol. The van der Waals surface area contributed by atoms with Crippen LogP contribution in [0.25, 0.3) is 0 Å². The molecule has 3 rings (SSSR count). The smallest absolute Gasteiger partial charge is 0.408 e. The van der Waals surface area contributed by atoms with Crippen molar-refractivity contribution < 1.29 is 33.0 Å². The Hall–Kier alpha value is -3.86. The Morgan fingerprint density at radius 3 is 2.36 bits per heavy atom. The second kappa shape index (κ2) is 13.9. The highest BCUT2D eigenvalue weighted by molar-refractivity contribution is 6.31. The SMILES string of the molecule is CCc1ccc(C(N)=O)c(OCC2(C(=O)NCc3ccc(F)cc3Cl)CCN(C(=O)CNC(=O)OC(C)(C)C)CC2)c1. The molecule has 0 radical (unpaired) electrons. The molecule has 0 aromatic heterocycles. The number of hydrogen-bond donors (Lipinski definition) is 3. The van der Waals surface area contributed by atoms with E-state index >= 15 is 0 Å². The van der Waals surface area contributed by atoms with Gasteiger partial charge < -0.3 is 30.7 Å². The number of carbonyl (C=O) groups is 4. The van der Waals surface area contributed by atoms with Crippen LogP contribution in [0.2, 0.25) is 5.02 Å². The predicted molar refractivity (Wildman–Crippen MR) is 156 cm³/mol. The molecule has 42 heavy (non-hydrogen) atoms. The number of aryl methyl sites for hydroxylation is 1. The number of rotatable bonds is 10. The van der Waals surface area contributed by atoms with Gasteiger partial charge in [-0.3, -0.25) is 14.4 Å². The zero-order valence-electron chi connectivity index (χ0n) is 24.4. The Bertz CT molecular complexity index is 1320. The second-order valence-corrected chi connectivity index (χ2v) is 11.7. The van der Waals surface area contributed by atoms with Crippen LogP contribution >= 0.6 is 11.6 Å². The summed E-state index contributed by atoms with van der Waals surface area (Å²) in [6, 6.07) is 9.04. The number of hydrogen-bond acceptors (Lipinski definition) is 6. The molecule has 0 saturated carbocycles. The van der Waals surface area contributed by atoms with E-state index < -0.39 is 28.8 Å². The maximum Gasteiger partial charge on any atom is 0.408 e. The van der Waals surface area contributed by atoms with E-state index in [9.17, 15) is 23.6 Å². The Balaban J connectivity index is 1.75. The standard InChI is InChI=1S/C30H38ClFN4O6/c1-5-19-6-9-22(26(33)38)24(14-19)41-18-30(27(39)34-16-20-7-8-21(32)15-23(20)31)10-12-36(13-11-30)25(37)17-35-28(40)42-29(2,3)4/h6-9,14-15H,5,10-13,16-18H2,1-4H3,(H2,33,38)(H,34,39)(H,35,40). The number of halogens is 2. The fraction of sp³-hybridized carbons (Fsp3) is 0.467. The van der Waals surface area contributed by atoms with Gasteiger partial charge in [-0.05, 0) is 75.4 Å². The number of piperidine rings is 1. The molecular formula is C30H38ClFN4O6. The van der Waals surface area contributed by atoms with Gasteiger partial charge in [0.15, 0.2) is 0 Å². The van der Waals surface area contributed by atoms with E-state index in [1.807, 2.05) is 6.92 Å². The van der Waals surface area contributed by atoms with E-state index in [2.05, 4.69) is 10.6 Å². The molecule has 1 fully saturated rings. The minimum Gasteiger partial charge on any atom is -0.492 e. The quantitative estimate of drug-likeness (QED) is 0.375. The van der Waals surface area contributed by atoms with Crippen molar-refractivity contribution >= 4 is 35.4 Å². The second-order valence-electron chi connectivity index (χ2n) is 11.3. The van der Waals surface area contributed by atoms with Gasteiger partial charge in [0.2, 0.25) is 11.8 Å². The molecule has 0 bridgehead atoms. The van der Waals surface area contributed by atoms with Crippen molar-refractivity contribution in [2.45, 2.75) is 59.1 Å². The summed E-state index contributed by atoms with van der Waals surface area (Å²) < 4.78 is 24.8. The maximum atomic E-state index is 13.7. The van der Waals surface area contributed by atoms with Crippen LogP contribution in [0.1, 0.15) is 62.0 Å². The summed E-state index contributed by atoms with van der Waals surface area (Å²) in [6.07, 6.45) is 0.489. The molecule has 1 aliphatic heterocycles. The Morgan fingerprint density at radius 1 is 1.07 bits per heavy atom. The molecule has 1 saturated heterocycles. The third-order valence-electron chi connectivity index (χ3n) is 7.02. The lowest BCUT2D eigenvalue weighted by Gasteiger charge is -2.40. The van der Waals surface area contributed by atoms with Crippen LogP contribution in [-0.2, 0) is 27.3 Å². The van der Waals surface area contributed by atoms with Gasteiger partial charge in [-0.25, -0.2) is 9.18 Å². The van der Waals surface area contributed by atoms with Crippen LogP contribution in [0, 0.1) is 11.2 Å². The lowest BCUT2D eigenvalue weighted by atomic mass is 9.78. The lowest BCUT2D eigenvalue weighted by molar-refractivity contribution is -0.142. The molecule has 1 aliphatic rings. The highest BCUT2D eigenvalue weighted by Gasteiger charge is 2.43. The summed E-state index contributed by atoms with van der Waals surface area (Å²) in [5, 5.41) is 5.52. The number of primary amides is 1. The van der Waals surface area contributed by atoms with Crippen LogP contribution in [0.3, 0.4) is 0 Å². The maximum absolute atomic E-state index is 13.7. The van der Waals surface area contributed by atoms with Crippen molar-refractivity contribution in [3.63, 3.8) is 0 Å². The Labute approximate surface area is 250 Å². The monoisotopic (exact) mass is 604 g/mol. The topological polar surface area (TPSA) is 140 Å². The van der Waals surface area contributed by atoms with Gasteiger partial charge >= 0.3 is 6.09 Å². The van der Waals surface area contributed by atoms with Gasteiger partial charge in [0.1, 0.15) is 30.3 Å². The van der Waals surface area contributed by atoms with E-state index in [-0.39, 0.29) is 73.8 Å². The number of nitrogens with one attached hydrogen (secondary N) is 2. The molecule has 0 spiro atoms. The van der Waals surface area contributed by atoms with Gasteiger partial charge in [0.25, 0.3) is 5.91 Å². The average Bonchev–Trinajstić information content (AvgIpc) is 2.93. The summed E-state index contributed by atoms with van der Waals surface area (Å²) >= 11 is 6.15. The third-order valence-corrected chi connectivity index (χ3v) is 7.37. The third kappa shape index (κ3) is 8.82. The number of likely N-dealkylation sites (tertiary alicyclic amines) is 1. The highest BCUT2D eigenvalue weighted by Crippen LogP contribution is 2.34. The first-order valence-corrected chi connectivity index (χ1v) is 14.1. The number of benzene rings is 2. The van der Waals surface area contributed by atoms with Gasteiger partial charge in [-0.1, -0.05) is 30.7 Å². The summed E-state index contributed by atoms with van der Waals surface area (Å²) in [6.45, 7) is 7.30. The molecule has 0 aliphatic carbocycles. The lowest BCUT2D eigenvalue weighted by Crippen LogP contribution is -2.54. The van der Waals surface area contributed by atoms with Crippen LogP contribution in [0.15, 0.2) is 36.4 Å². The van der Waals surface area contributed by atoms with Crippen molar-refractivity contribution in [1.82, 2.24) is 15.5 Å². The molecule has 228 valence electrons. The highest BCUT2D eigenvalue weighted by atomic mass is 35.5. The number of nitrogens with zero attached hydrogens (tertiary/aromatic N) is 1. The van der Waals surface area contributed by atoms with E-state index in [1.54, 1.807) is 43.9 Å². The first kappa shape index (κ1) is 32.7. The number of alkyl carbamates (subject to hydrolysis) is 1. The van der Waals surface area contributed by atoms with Crippen LogP contribution in [0.4, 0.5) is 9.18 Å². The van der Waals surface area contributed by atoms with Crippen molar-refractivity contribution in [2.75, 3.05) is 26.2 Å². The molecule has 1 heterocycles. The summed E-state index contributed by atoms with van der Waals surface area (Å²) in [5.74, 6) is -1.53. The Kier molecular flexibility index (Phi) is 10.8. The number of carbonyl (C=O) groups excluding carboxylic acids is 4. The van der Waals surface area contributed by atoms with Crippen molar-refractivity contribution in [2.24, 2.45) is 11.1 Å². The van der Waals surface area contributed by atoms with Gasteiger partial charge in [-0.2, -0.15) is 0 Å². The minimum atomic E-state index is -1.07. The molecule has 2 aromatic carbocycles. The van der Waals surface area contributed by atoms with Gasteiger partial charge in [0, 0.05) is 24.7 Å². The summed E-state index contributed by atoms with van der Waals surface area (Å²) in [5.41, 5.74) is 5.45. The molecule has 0 atom stereocenters. The zero-order valence-corrected chi connectivity index (χ0v) is 25.1. The number of ether oxygens (including phenoxy) is 2. The molecule has 10 nitrogen and oxygen atoms in total. The Morgan fingerprint density at radius 2 is 1.76 bits per heavy atom. The summed E-state index contributed by atoms with van der Waals surface area (Å²) in [7, 11) is 0. The fourth-order valence-electron chi connectivity index (χ4n) is 4.55. The first-order chi connectivity index (χ1) is 19.7. The first-order valence-electron chi connectivity index (χ1n) is 13.8. The molecule has 12 heteroatoms. The van der Waals surface area contributed by atoms with Crippen molar-refractivity contribution in [1.29, 1.82) is 0 Å². The normalized spacial score (nSPS) is 14.6.